The van der Waals surface area contributed by atoms with Gasteiger partial charge in [0.05, 0.1) is 6.61 Å². The summed E-state index contributed by atoms with van der Waals surface area (Å²) < 4.78 is 2.10. The van der Waals surface area contributed by atoms with Crippen LogP contribution in [0.3, 0.4) is 0 Å². The summed E-state index contributed by atoms with van der Waals surface area (Å²) in [5, 5.41) is 8.80. The Morgan fingerprint density at radius 3 is 2.36 bits per heavy atom. The van der Waals surface area contributed by atoms with Crippen molar-refractivity contribution in [2.24, 2.45) is 0 Å². The van der Waals surface area contributed by atoms with E-state index in [0.29, 0.717) is 0 Å². The van der Waals surface area contributed by atoms with Crippen molar-refractivity contribution >= 4 is 0 Å². The molecule has 1 heterocycles. The molecule has 0 atom stereocenters. The molecule has 0 unspecified atom stereocenters. The molecular formula is C9H15NO. The van der Waals surface area contributed by atoms with Gasteiger partial charge in [-0.2, -0.15) is 0 Å². The van der Waals surface area contributed by atoms with Gasteiger partial charge in [-0.05, 0) is 32.4 Å². The zero-order chi connectivity index (χ0) is 8.48. The van der Waals surface area contributed by atoms with Crippen LogP contribution in [0.4, 0.5) is 0 Å². The molecule has 1 N–H and O–H groups in total. The first-order chi connectivity index (χ1) is 5.04. The highest BCUT2D eigenvalue weighted by atomic mass is 16.3. The third-order valence-electron chi connectivity index (χ3n) is 1.71. The predicted octanol–water partition coefficient (Wildman–Crippen LogP) is 1.74. The van der Waals surface area contributed by atoms with Crippen LogP contribution in [0.15, 0.2) is 18.5 Å². The summed E-state index contributed by atoms with van der Waals surface area (Å²) in [6, 6.07) is 1.94. The summed E-state index contributed by atoms with van der Waals surface area (Å²) >= 11 is 0. The number of hydrogen-bond donors (Lipinski definition) is 1. The third kappa shape index (κ3) is 1.84. The van der Waals surface area contributed by atoms with Crippen molar-refractivity contribution in [3.8, 4) is 0 Å². The number of rotatable bonds is 1. The van der Waals surface area contributed by atoms with Gasteiger partial charge in [0.25, 0.3) is 0 Å². The van der Waals surface area contributed by atoms with Crippen LogP contribution in [0.25, 0.3) is 0 Å². The fraction of sp³-hybridized carbons (Fsp3) is 0.556. The van der Waals surface area contributed by atoms with Crippen molar-refractivity contribution in [2.45, 2.75) is 32.9 Å². The van der Waals surface area contributed by atoms with Gasteiger partial charge in [-0.15, -0.1) is 0 Å². The normalized spacial score (nSPS) is 12.0. The van der Waals surface area contributed by atoms with E-state index in [0.717, 1.165) is 5.56 Å². The first kappa shape index (κ1) is 8.34. The molecule has 1 rings (SSSR count). The van der Waals surface area contributed by atoms with Crippen LogP contribution in [0.2, 0.25) is 0 Å². The Bertz CT molecular complexity index is 232. The van der Waals surface area contributed by atoms with E-state index in [-0.39, 0.29) is 12.1 Å². The van der Waals surface area contributed by atoms with Crippen molar-refractivity contribution in [3.63, 3.8) is 0 Å². The molecule has 0 aliphatic carbocycles. The van der Waals surface area contributed by atoms with Gasteiger partial charge < -0.3 is 9.67 Å². The molecule has 1 aromatic rings. The molecule has 0 aromatic carbocycles. The summed E-state index contributed by atoms with van der Waals surface area (Å²) in [6.07, 6.45) is 3.96. The Kier molecular flexibility index (Phi) is 2.05. The standard InChI is InChI=1S/C9H15NO/c1-9(2,3)10-5-4-8(6-10)7-11/h4-6,11H,7H2,1-3H3. The van der Waals surface area contributed by atoms with Gasteiger partial charge in [0.15, 0.2) is 0 Å². The summed E-state index contributed by atoms with van der Waals surface area (Å²) in [6.45, 7) is 6.53. The third-order valence-corrected chi connectivity index (χ3v) is 1.71. The van der Waals surface area contributed by atoms with E-state index in [2.05, 4.69) is 25.3 Å². The van der Waals surface area contributed by atoms with Gasteiger partial charge in [0.1, 0.15) is 0 Å². The molecule has 2 heteroatoms. The van der Waals surface area contributed by atoms with Crippen LogP contribution in [-0.4, -0.2) is 9.67 Å². The number of nitrogens with zero attached hydrogens (tertiary/aromatic N) is 1. The minimum absolute atomic E-state index is 0.118. The largest absolute Gasteiger partial charge is 0.392 e. The van der Waals surface area contributed by atoms with Crippen molar-refractivity contribution in [1.29, 1.82) is 0 Å². The minimum atomic E-state index is 0.118. The minimum Gasteiger partial charge on any atom is -0.392 e. The highest BCUT2D eigenvalue weighted by molar-refractivity contribution is 5.10. The van der Waals surface area contributed by atoms with Crippen LogP contribution in [0, 0.1) is 0 Å². The van der Waals surface area contributed by atoms with Gasteiger partial charge in [-0.25, -0.2) is 0 Å². The average Bonchev–Trinajstić information content (AvgIpc) is 2.32. The summed E-state index contributed by atoms with van der Waals surface area (Å²) in [5.41, 5.74) is 1.09. The zero-order valence-electron chi connectivity index (χ0n) is 7.33. The topological polar surface area (TPSA) is 25.2 Å². The van der Waals surface area contributed by atoms with Crippen LogP contribution in [-0.2, 0) is 12.1 Å². The Morgan fingerprint density at radius 2 is 2.09 bits per heavy atom. The lowest BCUT2D eigenvalue weighted by atomic mass is 10.1. The molecular weight excluding hydrogens is 138 g/mol. The second-order valence-corrected chi connectivity index (χ2v) is 3.76. The van der Waals surface area contributed by atoms with E-state index in [1.54, 1.807) is 0 Å². The molecule has 0 fully saturated rings. The molecule has 0 aliphatic heterocycles. The highest BCUT2D eigenvalue weighted by Gasteiger charge is 2.11. The number of hydrogen-bond acceptors (Lipinski definition) is 1. The molecule has 0 aliphatic rings. The van der Waals surface area contributed by atoms with E-state index in [4.69, 9.17) is 5.11 Å². The molecule has 0 saturated heterocycles. The smallest absolute Gasteiger partial charge is 0.0696 e. The monoisotopic (exact) mass is 153 g/mol. The van der Waals surface area contributed by atoms with E-state index < -0.39 is 0 Å². The summed E-state index contributed by atoms with van der Waals surface area (Å²) in [4.78, 5) is 0. The molecule has 0 radical (unpaired) electrons. The van der Waals surface area contributed by atoms with Crippen LogP contribution in [0.5, 0.6) is 0 Å². The summed E-state index contributed by atoms with van der Waals surface area (Å²) in [5.74, 6) is 0. The lowest BCUT2D eigenvalue weighted by molar-refractivity contribution is 0.281. The van der Waals surface area contributed by atoms with Gasteiger partial charge in [0, 0.05) is 17.9 Å². The van der Waals surface area contributed by atoms with Crippen molar-refractivity contribution in [3.05, 3.63) is 24.0 Å². The Balaban J connectivity index is 2.89. The molecule has 0 saturated carbocycles. The molecule has 2 nitrogen and oxygen atoms in total. The lowest BCUT2D eigenvalue weighted by Crippen LogP contribution is -2.19. The molecule has 0 spiro atoms. The van der Waals surface area contributed by atoms with Crippen molar-refractivity contribution in [1.82, 2.24) is 4.57 Å². The maximum Gasteiger partial charge on any atom is 0.0696 e. The number of aliphatic hydroxyl groups excluding tert-OH is 1. The fourth-order valence-corrected chi connectivity index (χ4v) is 0.952. The fourth-order valence-electron chi connectivity index (χ4n) is 0.952. The SMILES string of the molecule is CC(C)(C)n1ccc(CO)c1. The van der Waals surface area contributed by atoms with Crippen molar-refractivity contribution < 1.29 is 5.11 Å². The number of aliphatic hydroxyl groups is 1. The Labute approximate surface area is 67.5 Å². The zero-order valence-corrected chi connectivity index (χ0v) is 7.33. The molecule has 1 aromatic heterocycles. The van der Waals surface area contributed by atoms with Gasteiger partial charge in [-0.3, -0.25) is 0 Å². The van der Waals surface area contributed by atoms with Gasteiger partial charge >= 0.3 is 0 Å². The average molecular weight is 153 g/mol. The molecule has 0 amide bonds. The van der Waals surface area contributed by atoms with Gasteiger partial charge in [-0.1, -0.05) is 0 Å². The highest BCUT2D eigenvalue weighted by Crippen LogP contribution is 2.15. The maximum absolute atomic E-state index is 8.80. The Morgan fingerprint density at radius 1 is 1.45 bits per heavy atom. The second kappa shape index (κ2) is 2.70. The molecule has 0 bridgehead atoms. The maximum atomic E-state index is 8.80. The van der Waals surface area contributed by atoms with Crippen molar-refractivity contribution in [2.75, 3.05) is 0 Å². The van der Waals surface area contributed by atoms with Crippen LogP contribution in [0.1, 0.15) is 26.3 Å². The number of aromatic nitrogens is 1. The van der Waals surface area contributed by atoms with E-state index in [9.17, 15) is 0 Å². The molecule has 11 heavy (non-hydrogen) atoms. The quantitative estimate of drug-likeness (QED) is 0.653. The van der Waals surface area contributed by atoms with E-state index in [1.165, 1.54) is 0 Å². The van der Waals surface area contributed by atoms with Crippen LogP contribution < -0.4 is 0 Å². The summed E-state index contributed by atoms with van der Waals surface area (Å²) in [7, 11) is 0. The first-order valence-corrected chi connectivity index (χ1v) is 3.82. The van der Waals surface area contributed by atoms with E-state index in [1.807, 2.05) is 18.5 Å². The van der Waals surface area contributed by atoms with Crippen LogP contribution >= 0.6 is 0 Å². The van der Waals surface area contributed by atoms with Gasteiger partial charge in [0.2, 0.25) is 0 Å². The lowest BCUT2D eigenvalue weighted by Gasteiger charge is -2.20. The second-order valence-electron chi connectivity index (χ2n) is 3.76. The van der Waals surface area contributed by atoms with E-state index >= 15 is 0 Å². The predicted molar refractivity (Wildman–Crippen MR) is 45.4 cm³/mol. The Hall–Kier alpha value is -0.760. The molecule has 62 valence electrons. The first-order valence-electron chi connectivity index (χ1n) is 3.82.